The Balaban J connectivity index is 1.86. The molecule has 1 N–H and O–H groups in total. The SMILES string of the molecule is Cc1cc(S(=O)(=O)NCCc2ncnn2C)c2ncccc2c1. The number of hydrogen-bond donors (Lipinski definition) is 1. The van der Waals surface area contributed by atoms with Crippen LogP contribution in [0.25, 0.3) is 10.9 Å². The number of nitrogens with one attached hydrogen (secondary N) is 1. The van der Waals surface area contributed by atoms with Crippen LogP contribution in [0.3, 0.4) is 0 Å². The van der Waals surface area contributed by atoms with E-state index in [9.17, 15) is 8.42 Å². The predicted octanol–water partition coefficient (Wildman–Crippen LogP) is 1.19. The van der Waals surface area contributed by atoms with E-state index >= 15 is 0 Å². The van der Waals surface area contributed by atoms with Gasteiger partial charge in [-0.25, -0.2) is 18.1 Å². The van der Waals surface area contributed by atoms with Crippen molar-refractivity contribution in [1.82, 2.24) is 24.5 Å². The van der Waals surface area contributed by atoms with E-state index in [-0.39, 0.29) is 11.4 Å². The Labute approximate surface area is 134 Å². The van der Waals surface area contributed by atoms with E-state index in [1.54, 1.807) is 30.1 Å². The van der Waals surface area contributed by atoms with E-state index < -0.39 is 10.0 Å². The van der Waals surface area contributed by atoms with Crippen LogP contribution in [-0.2, 0) is 23.5 Å². The van der Waals surface area contributed by atoms with Gasteiger partial charge in [-0.2, -0.15) is 5.10 Å². The number of fused-ring (bicyclic) bond motifs is 1. The topological polar surface area (TPSA) is 89.8 Å². The molecule has 0 saturated heterocycles. The number of aromatic nitrogens is 4. The monoisotopic (exact) mass is 331 g/mol. The first-order valence-electron chi connectivity index (χ1n) is 7.15. The summed E-state index contributed by atoms with van der Waals surface area (Å²) in [6.45, 7) is 2.11. The van der Waals surface area contributed by atoms with Crippen molar-refractivity contribution in [3.63, 3.8) is 0 Å². The summed E-state index contributed by atoms with van der Waals surface area (Å²) in [6.07, 6.45) is 3.50. The first-order valence-corrected chi connectivity index (χ1v) is 8.63. The van der Waals surface area contributed by atoms with Gasteiger partial charge in [-0.3, -0.25) is 9.67 Å². The lowest BCUT2D eigenvalue weighted by atomic mass is 10.1. The molecule has 7 nitrogen and oxygen atoms in total. The van der Waals surface area contributed by atoms with E-state index in [1.165, 1.54) is 6.33 Å². The fourth-order valence-corrected chi connectivity index (χ4v) is 3.72. The second-order valence-electron chi connectivity index (χ2n) is 5.29. The molecular formula is C15H17N5O2S. The van der Waals surface area contributed by atoms with Crippen LogP contribution in [0.4, 0.5) is 0 Å². The largest absolute Gasteiger partial charge is 0.255 e. The minimum absolute atomic E-state index is 0.200. The van der Waals surface area contributed by atoms with Crippen molar-refractivity contribution in [2.75, 3.05) is 6.54 Å². The molecule has 120 valence electrons. The molecule has 8 heteroatoms. The van der Waals surface area contributed by atoms with Gasteiger partial charge in [-0.1, -0.05) is 6.07 Å². The standard InChI is InChI=1S/C15H17N5O2S/c1-11-8-12-4-3-6-16-15(12)13(9-11)23(21,22)19-7-5-14-17-10-18-20(14)2/h3-4,6,8-10,19H,5,7H2,1-2H3. The molecule has 0 atom stereocenters. The highest BCUT2D eigenvalue weighted by atomic mass is 32.2. The van der Waals surface area contributed by atoms with Gasteiger partial charge in [0.05, 0.1) is 5.52 Å². The van der Waals surface area contributed by atoms with Gasteiger partial charge in [0.25, 0.3) is 0 Å². The predicted molar refractivity (Wildman–Crippen MR) is 86.4 cm³/mol. The maximum absolute atomic E-state index is 12.6. The quantitative estimate of drug-likeness (QED) is 0.758. The molecule has 2 aromatic heterocycles. The number of benzene rings is 1. The van der Waals surface area contributed by atoms with E-state index in [2.05, 4.69) is 19.8 Å². The minimum atomic E-state index is -3.65. The van der Waals surface area contributed by atoms with Crippen LogP contribution in [0.2, 0.25) is 0 Å². The maximum atomic E-state index is 12.6. The van der Waals surface area contributed by atoms with Gasteiger partial charge < -0.3 is 0 Å². The Morgan fingerprint density at radius 1 is 1.26 bits per heavy atom. The zero-order chi connectivity index (χ0) is 16.4. The van der Waals surface area contributed by atoms with Gasteiger partial charge in [0, 0.05) is 31.6 Å². The van der Waals surface area contributed by atoms with Crippen molar-refractivity contribution < 1.29 is 8.42 Å². The molecule has 0 amide bonds. The Bertz CT molecular complexity index is 949. The van der Waals surface area contributed by atoms with Crippen molar-refractivity contribution in [2.45, 2.75) is 18.2 Å². The zero-order valence-electron chi connectivity index (χ0n) is 12.9. The summed E-state index contributed by atoms with van der Waals surface area (Å²) in [5.74, 6) is 0.722. The van der Waals surface area contributed by atoms with Crippen molar-refractivity contribution in [3.8, 4) is 0 Å². The minimum Gasteiger partial charge on any atom is -0.255 e. The molecule has 0 aliphatic rings. The van der Waals surface area contributed by atoms with Gasteiger partial charge in [0.2, 0.25) is 10.0 Å². The number of hydrogen-bond acceptors (Lipinski definition) is 5. The highest BCUT2D eigenvalue weighted by Gasteiger charge is 2.18. The van der Waals surface area contributed by atoms with Crippen LogP contribution < -0.4 is 4.72 Å². The second-order valence-corrected chi connectivity index (χ2v) is 7.02. The zero-order valence-corrected chi connectivity index (χ0v) is 13.7. The molecular weight excluding hydrogens is 314 g/mol. The van der Waals surface area contributed by atoms with Gasteiger partial charge in [-0.05, 0) is 30.7 Å². The summed E-state index contributed by atoms with van der Waals surface area (Å²) in [4.78, 5) is 8.49. The van der Waals surface area contributed by atoms with Gasteiger partial charge in [0.15, 0.2) is 0 Å². The maximum Gasteiger partial charge on any atom is 0.242 e. The smallest absolute Gasteiger partial charge is 0.242 e. The first kappa shape index (κ1) is 15.6. The van der Waals surface area contributed by atoms with Gasteiger partial charge >= 0.3 is 0 Å². The Morgan fingerprint density at radius 2 is 2.09 bits per heavy atom. The molecule has 0 unspecified atom stereocenters. The number of rotatable bonds is 5. The molecule has 0 saturated carbocycles. The Morgan fingerprint density at radius 3 is 2.83 bits per heavy atom. The van der Waals surface area contributed by atoms with Crippen LogP contribution in [0.1, 0.15) is 11.4 Å². The third-order valence-electron chi connectivity index (χ3n) is 3.55. The summed E-state index contributed by atoms with van der Waals surface area (Å²) >= 11 is 0. The van der Waals surface area contributed by atoms with Crippen LogP contribution in [0.5, 0.6) is 0 Å². The van der Waals surface area contributed by atoms with Crippen molar-refractivity contribution in [2.24, 2.45) is 7.05 Å². The fourth-order valence-electron chi connectivity index (χ4n) is 2.43. The third kappa shape index (κ3) is 3.22. The molecule has 23 heavy (non-hydrogen) atoms. The average Bonchev–Trinajstić information content (AvgIpc) is 2.91. The van der Waals surface area contributed by atoms with Crippen LogP contribution in [-0.4, -0.2) is 34.7 Å². The molecule has 1 aromatic carbocycles. The summed E-state index contributed by atoms with van der Waals surface area (Å²) < 4.78 is 29.5. The summed E-state index contributed by atoms with van der Waals surface area (Å²) in [6, 6.07) is 7.20. The normalized spacial score (nSPS) is 11.9. The molecule has 2 heterocycles. The highest BCUT2D eigenvalue weighted by molar-refractivity contribution is 7.89. The molecule has 3 rings (SSSR count). The molecule has 0 spiro atoms. The molecule has 0 radical (unpaired) electrons. The summed E-state index contributed by atoms with van der Waals surface area (Å²) in [7, 11) is -1.87. The van der Waals surface area contributed by atoms with Gasteiger partial charge in [0.1, 0.15) is 17.0 Å². The average molecular weight is 331 g/mol. The number of aryl methyl sites for hydroxylation is 2. The number of pyridine rings is 1. The van der Waals surface area contributed by atoms with Crippen LogP contribution >= 0.6 is 0 Å². The molecule has 0 bridgehead atoms. The molecule has 3 aromatic rings. The fraction of sp³-hybridized carbons (Fsp3) is 0.267. The van der Waals surface area contributed by atoms with E-state index in [0.717, 1.165) is 16.8 Å². The lowest BCUT2D eigenvalue weighted by molar-refractivity contribution is 0.579. The second kappa shape index (κ2) is 6.05. The third-order valence-corrected chi connectivity index (χ3v) is 5.02. The highest BCUT2D eigenvalue weighted by Crippen LogP contribution is 2.22. The van der Waals surface area contributed by atoms with Gasteiger partial charge in [-0.15, -0.1) is 0 Å². The lowest BCUT2D eigenvalue weighted by Crippen LogP contribution is -2.27. The van der Waals surface area contributed by atoms with Crippen molar-refractivity contribution in [3.05, 3.63) is 48.2 Å². The van der Waals surface area contributed by atoms with Crippen molar-refractivity contribution in [1.29, 1.82) is 0 Å². The summed E-state index contributed by atoms with van der Waals surface area (Å²) in [5, 5.41) is 4.77. The molecule has 0 fully saturated rings. The van der Waals surface area contributed by atoms with E-state index in [0.29, 0.717) is 11.9 Å². The number of nitrogens with zero attached hydrogens (tertiary/aromatic N) is 4. The van der Waals surface area contributed by atoms with Crippen LogP contribution in [0, 0.1) is 6.92 Å². The van der Waals surface area contributed by atoms with Crippen LogP contribution in [0.15, 0.2) is 41.7 Å². The van der Waals surface area contributed by atoms with E-state index in [4.69, 9.17) is 0 Å². The van der Waals surface area contributed by atoms with E-state index in [1.807, 2.05) is 19.1 Å². The molecule has 0 aliphatic carbocycles. The number of sulfonamides is 1. The lowest BCUT2D eigenvalue weighted by Gasteiger charge is -2.10. The van der Waals surface area contributed by atoms with Crippen molar-refractivity contribution >= 4 is 20.9 Å². The first-order chi connectivity index (χ1) is 11.0. The molecule has 0 aliphatic heterocycles. The summed E-state index contributed by atoms with van der Waals surface area (Å²) in [5.41, 5.74) is 1.35. The Kier molecular flexibility index (Phi) is 4.10. The Hall–Kier alpha value is -2.32.